The molecule has 4 aromatic carbocycles. The Balaban J connectivity index is 1.30. The van der Waals surface area contributed by atoms with Crippen LogP contribution in [0.2, 0.25) is 5.02 Å². The van der Waals surface area contributed by atoms with E-state index in [0.29, 0.717) is 39.8 Å². The van der Waals surface area contributed by atoms with Crippen molar-refractivity contribution in [2.45, 2.75) is 44.3 Å². The van der Waals surface area contributed by atoms with E-state index in [-0.39, 0.29) is 5.91 Å². The average molecular weight is 622 g/mol. The number of thioether (sulfide) groups is 1. The molecule has 1 unspecified atom stereocenters. The number of hydrogen-bond donors (Lipinski definition) is 2. The Bertz CT molecular complexity index is 1850. The number of halogens is 1. The van der Waals surface area contributed by atoms with Gasteiger partial charge in [0.25, 0.3) is 5.91 Å². The normalized spacial score (nSPS) is 14.1. The first-order chi connectivity index (χ1) is 21.4. The van der Waals surface area contributed by atoms with E-state index in [4.69, 9.17) is 26.4 Å². The highest BCUT2D eigenvalue weighted by atomic mass is 35.5. The van der Waals surface area contributed by atoms with Gasteiger partial charge in [0.2, 0.25) is 11.1 Å². The predicted molar refractivity (Wildman–Crippen MR) is 177 cm³/mol. The molecule has 0 aliphatic carbocycles. The van der Waals surface area contributed by atoms with Crippen LogP contribution in [0.4, 0.5) is 11.6 Å². The Kier molecular flexibility index (Phi) is 8.72. The summed E-state index contributed by atoms with van der Waals surface area (Å²) in [5.74, 6) is 1.72. The molecule has 0 saturated carbocycles. The highest BCUT2D eigenvalue weighted by molar-refractivity contribution is 7.98. The van der Waals surface area contributed by atoms with Crippen molar-refractivity contribution < 1.29 is 9.53 Å². The molecule has 0 bridgehead atoms. The smallest absolute Gasteiger partial charge is 0.255 e. The van der Waals surface area contributed by atoms with Crippen LogP contribution in [0.5, 0.6) is 5.75 Å². The van der Waals surface area contributed by atoms with Gasteiger partial charge in [-0.2, -0.15) is 4.98 Å². The lowest BCUT2D eigenvalue weighted by atomic mass is 9.95. The standard InChI is InChI=1S/C35H32ClN5O2S/c1-22-9-8-13-28(19-22)38-33(42)31-24(3)37-34-39-35(44-21-27-12-6-7-14-30(27)36)40-41(34)32(31)25-15-17-29(18-16-25)43-20-26-11-5-4-10-23(26)2/h4-19,32H,20-21H2,1-3H3,(H,38,42)(H,37,39,40). The van der Waals surface area contributed by atoms with Gasteiger partial charge in [-0.1, -0.05) is 90.1 Å². The van der Waals surface area contributed by atoms with Crippen molar-refractivity contribution in [3.8, 4) is 5.75 Å². The molecule has 1 atom stereocenters. The van der Waals surface area contributed by atoms with Gasteiger partial charge in [0, 0.05) is 22.2 Å². The monoisotopic (exact) mass is 621 g/mol. The SMILES string of the molecule is CC1=C(C(=O)Nc2cccc(C)c2)C(c2ccc(OCc3ccccc3C)cc2)n2nc(SCc3ccccc3Cl)nc2N1. The van der Waals surface area contributed by atoms with Gasteiger partial charge in [-0.25, -0.2) is 4.68 Å². The van der Waals surface area contributed by atoms with Crippen molar-refractivity contribution in [3.05, 3.63) is 141 Å². The Morgan fingerprint density at radius 1 is 0.955 bits per heavy atom. The van der Waals surface area contributed by atoms with E-state index in [2.05, 4.69) is 29.7 Å². The van der Waals surface area contributed by atoms with E-state index >= 15 is 0 Å². The number of nitrogens with one attached hydrogen (secondary N) is 2. The van der Waals surface area contributed by atoms with Gasteiger partial charge in [0.05, 0.1) is 5.57 Å². The van der Waals surface area contributed by atoms with Crippen LogP contribution < -0.4 is 15.4 Å². The number of amides is 1. The first-order valence-electron chi connectivity index (χ1n) is 14.3. The lowest BCUT2D eigenvalue weighted by Gasteiger charge is -2.28. The first-order valence-corrected chi connectivity index (χ1v) is 15.7. The summed E-state index contributed by atoms with van der Waals surface area (Å²) in [6.45, 7) is 6.44. The lowest BCUT2D eigenvalue weighted by Crippen LogP contribution is -2.31. The van der Waals surface area contributed by atoms with Crippen LogP contribution >= 0.6 is 23.4 Å². The lowest BCUT2D eigenvalue weighted by molar-refractivity contribution is -0.113. The average Bonchev–Trinajstić information content (AvgIpc) is 3.42. The number of aromatic nitrogens is 3. The van der Waals surface area contributed by atoms with E-state index in [1.165, 1.54) is 17.3 Å². The van der Waals surface area contributed by atoms with Crippen LogP contribution in [0.1, 0.15) is 40.8 Å². The molecule has 0 spiro atoms. The number of hydrogen-bond acceptors (Lipinski definition) is 6. The predicted octanol–water partition coefficient (Wildman–Crippen LogP) is 8.35. The number of ether oxygens (including phenoxy) is 1. The molecule has 2 heterocycles. The molecule has 0 saturated heterocycles. The van der Waals surface area contributed by atoms with Crippen LogP contribution in [-0.4, -0.2) is 20.7 Å². The molecule has 2 N–H and O–H groups in total. The summed E-state index contributed by atoms with van der Waals surface area (Å²) in [5.41, 5.74) is 7.27. The van der Waals surface area contributed by atoms with Crippen LogP contribution in [0.25, 0.3) is 0 Å². The van der Waals surface area contributed by atoms with Crippen molar-refractivity contribution in [2.24, 2.45) is 0 Å². The van der Waals surface area contributed by atoms with Gasteiger partial charge in [-0.15, -0.1) is 5.10 Å². The number of nitrogens with zero attached hydrogens (tertiary/aromatic N) is 3. The summed E-state index contributed by atoms with van der Waals surface area (Å²) in [6.07, 6.45) is 0. The maximum atomic E-state index is 13.9. The van der Waals surface area contributed by atoms with Crippen molar-refractivity contribution in [2.75, 3.05) is 10.6 Å². The molecule has 222 valence electrons. The fraction of sp³-hybridized carbons (Fsp3) is 0.171. The van der Waals surface area contributed by atoms with E-state index in [9.17, 15) is 4.79 Å². The number of rotatable bonds is 9. The second-order valence-corrected chi connectivity index (χ2v) is 12.1. The Morgan fingerprint density at radius 3 is 2.45 bits per heavy atom. The van der Waals surface area contributed by atoms with Crippen LogP contribution in [0.3, 0.4) is 0 Å². The van der Waals surface area contributed by atoms with Gasteiger partial charge in [-0.05, 0) is 78.9 Å². The zero-order valence-corrected chi connectivity index (χ0v) is 26.2. The number of allylic oxidation sites excluding steroid dienone is 1. The fourth-order valence-corrected chi connectivity index (χ4v) is 6.27. The molecule has 7 nitrogen and oxygen atoms in total. The summed E-state index contributed by atoms with van der Waals surface area (Å²) in [4.78, 5) is 18.7. The third-order valence-corrected chi connectivity index (χ3v) is 8.77. The van der Waals surface area contributed by atoms with Gasteiger partial charge in [0.1, 0.15) is 18.4 Å². The molecule has 0 fully saturated rings. The Labute approximate surface area is 266 Å². The van der Waals surface area contributed by atoms with E-state index in [0.717, 1.165) is 33.7 Å². The van der Waals surface area contributed by atoms with Crippen LogP contribution in [0.15, 0.2) is 113 Å². The highest BCUT2D eigenvalue weighted by Crippen LogP contribution is 2.38. The molecular weight excluding hydrogens is 590 g/mol. The summed E-state index contributed by atoms with van der Waals surface area (Å²) in [6, 6.07) is 31.0. The van der Waals surface area contributed by atoms with Crippen LogP contribution in [-0.2, 0) is 17.2 Å². The quantitative estimate of drug-likeness (QED) is 0.161. The number of fused-ring (bicyclic) bond motifs is 1. The number of benzene rings is 4. The molecule has 1 aliphatic rings. The maximum Gasteiger partial charge on any atom is 0.255 e. The third kappa shape index (κ3) is 6.51. The van der Waals surface area contributed by atoms with E-state index in [1.54, 1.807) is 4.68 Å². The minimum atomic E-state index is -0.511. The van der Waals surface area contributed by atoms with Crippen molar-refractivity contribution >= 4 is 40.9 Å². The molecule has 1 aliphatic heterocycles. The second kappa shape index (κ2) is 13.0. The minimum Gasteiger partial charge on any atom is -0.489 e. The van der Waals surface area contributed by atoms with Gasteiger partial charge in [-0.3, -0.25) is 4.79 Å². The van der Waals surface area contributed by atoms with Gasteiger partial charge < -0.3 is 15.4 Å². The molecular formula is C35H32ClN5O2S. The molecule has 6 rings (SSSR count). The fourth-order valence-electron chi connectivity index (χ4n) is 5.15. The molecule has 0 radical (unpaired) electrons. The minimum absolute atomic E-state index is 0.211. The van der Waals surface area contributed by atoms with Gasteiger partial charge >= 0.3 is 0 Å². The van der Waals surface area contributed by atoms with E-state index < -0.39 is 6.04 Å². The maximum absolute atomic E-state index is 13.9. The molecule has 9 heteroatoms. The largest absolute Gasteiger partial charge is 0.489 e. The zero-order chi connectivity index (χ0) is 30.6. The van der Waals surface area contributed by atoms with E-state index in [1.807, 2.05) is 98.8 Å². The highest BCUT2D eigenvalue weighted by Gasteiger charge is 2.34. The zero-order valence-electron chi connectivity index (χ0n) is 24.7. The van der Waals surface area contributed by atoms with Crippen molar-refractivity contribution in [3.63, 3.8) is 0 Å². The van der Waals surface area contributed by atoms with Crippen molar-refractivity contribution in [1.82, 2.24) is 14.8 Å². The Hall–Kier alpha value is -4.53. The molecule has 5 aromatic rings. The number of aryl methyl sites for hydroxylation is 2. The first kappa shape index (κ1) is 29.5. The van der Waals surface area contributed by atoms with Crippen molar-refractivity contribution in [1.29, 1.82) is 0 Å². The summed E-state index contributed by atoms with van der Waals surface area (Å²) >= 11 is 7.88. The topological polar surface area (TPSA) is 81.1 Å². The molecule has 1 aromatic heterocycles. The number of anilines is 2. The summed E-state index contributed by atoms with van der Waals surface area (Å²) in [5, 5.41) is 12.6. The summed E-state index contributed by atoms with van der Waals surface area (Å²) < 4.78 is 7.89. The van der Waals surface area contributed by atoms with Crippen LogP contribution in [0, 0.1) is 13.8 Å². The molecule has 1 amide bonds. The third-order valence-electron chi connectivity index (χ3n) is 7.52. The molecule has 44 heavy (non-hydrogen) atoms. The van der Waals surface area contributed by atoms with Gasteiger partial charge in [0.15, 0.2) is 0 Å². The number of carbonyl (C=O) groups is 1. The second-order valence-electron chi connectivity index (χ2n) is 10.7. The Morgan fingerprint density at radius 2 is 1.70 bits per heavy atom. The summed E-state index contributed by atoms with van der Waals surface area (Å²) in [7, 11) is 0. The number of carbonyl (C=O) groups excluding carboxylic acids is 1.